The van der Waals surface area contributed by atoms with Gasteiger partial charge in [-0.2, -0.15) is 0 Å². The molecule has 0 aliphatic carbocycles. The fourth-order valence-corrected chi connectivity index (χ4v) is 2.09. The highest BCUT2D eigenvalue weighted by molar-refractivity contribution is 5.89. The maximum absolute atomic E-state index is 11.3. The monoisotopic (exact) mass is 249 g/mol. The van der Waals surface area contributed by atoms with Crippen molar-refractivity contribution in [1.82, 2.24) is 0 Å². The second-order valence-corrected chi connectivity index (χ2v) is 4.42. The molecule has 1 fully saturated rings. The Hall–Kier alpha value is -1.55. The highest BCUT2D eigenvalue weighted by Crippen LogP contribution is 2.16. The summed E-state index contributed by atoms with van der Waals surface area (Å²) >= 11 is 0. The van der Waals surface area contributed by atoms with E-state index in [1.807, 2.05) is 12.1 Å². The molecule has 1 unspecified atom stereocenters. The number of benzene rings is 1. The van der Waals surface area contributed by atoms with E-state index in [4.69, 9.17) is 4.74 Å². The van der Waals surface area contributed by atoms with Crippen molar-refractivity contribution in [2.24, 2.45) is 0 Å². The van der Waals surface area contributed by atoms with Gasteiger partial charge in [0.2, 0.25) is 0 Å². The quantitative estimate of drug-likeness (QED) is 0.814. The Bertz CT molecular complexity index is 383. The topological polar surface area (TPSA) is 47.6 Å². The average molecular weight is 249 g/mol. The van der Waals surface area contributed by atoms with E-state index in [2.05, 4.69) is 10.1 Å². The first kappa shape index (κ1) is 12.9. The average Bonchev–Trinajstić information content (AvgIpc) is 2.92. The van der Waals surface area contributed by atoms with E-state index in [0.717, 1.165) is 25.3 Å². The number of anilines is 1. The number of ether oxygens (including phenoxy) is 2. The SMILES string of the molecule is COC(=O)c1ccc(NCCC2CCCO2)cc1. The predicted octanol–water partition coefficient (Wildman–Crippen LogP) is 2.45. The Morgan fingerprint density at radius 2 is 2.22 bits per heavy atom. The van der Waals surface area contributed by atoms with Crippen molar-refractivity contribution in [3.8, 4) is 0 Å². The Balaban J connectivity index is 1.77. The molecule has 1 atom stereocenters. The van der Waals surface area contributed by atoms with Crippen LogP contribution >= 0.6 is 0 Å². The van der Waals surface area contributed by atoms with Crippen molar-refractivity contribution in [2.45, 2.75) is 25.4 Å². The third-order valence-electron chi connectivity index (χ3n) is 3.13. The Kier molecular flexibility index (Phi) is 4.59. The van der Waals surface area contributed by atoms with Crippen molar-refractivity contribution in [3.05, 3.63) is 29.8 Å². The van der Waals surface area contributed by atoms with Gasteiger partial charge in [-0.1, -0.05) is 0 Å². The Morgan fingerprint density at radius 1 is 1.44 bits per heavy atom. The molecule has 1 aliphatic rings. The van der Waals surface area contributed by atoms with E-state index in [0.29, 0.717) is 11.7 Å². The molecule has 0 bridgehead atoms. The van der Waals surface area contributed by atoms with Crippen molar-refractivity contribution in [1.29, 1.82) is 0 Å². The first-order valence-electron chi connectivity index (χ1n) is 6.33. The molecule has 4 nitrogen and oxygen atoms in total. The minimum absolute atomic E-state index is 0.305. The molecule has 4 heteroatoms. The first-order chi connectivity index (χ1) is 8.79. The number of hydrogen-bond donors (Lipinski definition) is 1. The zero-order chi connectivity index (χ0) is 12.8. The van der Waals surface area contributed by atoms with Crippen LogP contribution in [0.15, 0.2) is 24.3 Å². The van der Waals surface area contributed by atoms with Gasteiger partial charge in [0.15, 0.2) is 0 Å². The number of carbonyl (C=O) groups excluding carboxylic acids is 1. The summed E-state index contributed by atoms with van der Waals surface area (Å²) in [4.78, 5) is 11.3. The molecule has 2 rings (SSSR count). The van der Waals surface area contributed by atoms with Crippen molar-refractivity contribution in [2.75, 3.05) is 25.6 Å². The van der Waals surface area contributed by atoms with Crippen LogP contribution in [-0.4, -0.2) is 32.3 Å². The molecule has 1 N–H and O–H groups in total. The first-order valence-corrected chi connectivity index (χ1v) is 6.33. The molecule has 1 saturated heterocycles. The van der Waals surface area contributed by atoms with Crippen LogP contribution in [0.1, 0.15) is 29.6 Å². The lowest BCUT2D eigenvalue weighted by Gasteiger charge is -2.11. The van der Waals surface area contributed by atoms with E-state index in [-0.39, 0.29) is 5.97 Å². The van der Waals surface area contributed by atoms with Gasteiger partial charge < -0.3 is 14.8 Å². The maximum atomic E-state index is 11.3. The fraction of sp³-hybridized carbons (Fsp3) is 0.500. The summed E-state index contributed by atoms with van der Waals surface area (Å²) in [5.74, 6) is -0.305. The summed E-state index contributed by atoms with van der Waals surface area (Å²) in [6.45, 7) is 1.79. The second kappa shape index (κ2) is 6.40. The van der Waals surface area contributed by atoms with Gasteiger partial charge in [-0.3, -0.25) is 0 Å². The molecule has 0 amide bonds. The zero-order valence-corrected chi connectivity index (χ0v) is 10.6. The van der Waals surface area contributed by atoms with Crippen LogP contribution in [0.3, 0.4) is 0 Å². The standard InChI is InChI=1S/C14H19NO3/c1-17-14(16)11-4-6-12(7-5-11)15-9-8-13-3-2-10-18-13/h4-7,13,15H,2-3,8-10H2,1H3. The van der Waals surface area contributed by atoms with Crippen LogP contribution in [0.4, 0.5) is 5.69 Å². The second-order valence-electron chi connectivity index (χ2n) is 4.42. The molecule has 0 saturated carbocycles. The van der Waals surface area contributed by atoms with Crippen LogP contribution in [0.25, 0.3) is 0 Å². The molecular formula is C14H19NO3. The normalized spacial score (nSPS) is 18.6. The van der Waals surface area contributed by atoms with Gasteiger partial charge >= 0.3 is 5.97 Å². The molecule has 0 aromatic heterocycles. The van der Waals surface area contributed by atoms with E-state index < -0.39 is 0 Å². The van der Waals surface area contributed by atoms with Gasteiger partial charge in [0, 0.05) is 18.8 Å². The summed E-state index contributed by atoms with van der Waals surface area (Å²) < 4.78 is 10.2. The summed E-state index contributed by atoms with van der Waals surface area (Å²) in [6.07, 6.45) is 3.78. The smallest absolute Gasteiger partial charge is 0.337 e. The van der Waals surface area contributed by atoms with Gasteiger partial charge in [-0.05, 0) is 43.5 Å². The molecule has 0 spiro atoms. The lowest BCUT2D eigenvalue weighted by molar-refractivity contribution is 0.0601. The molecule has 18 heavy (non-hydrogen) atoms. The van der Waals surface area contributed by atoms with Crippen LogP contribution in [0.5, 0.6) is 0 Å². The Labute approximate surface area is 107 Å². The summed E-state index contributed by atoms with van der Waals surface area (Å²) in [5, 5.41) is 3.32. The minimum Gasteiger partial charge on any atom is -0.465 e. The van der Waals surface area contributed by atoms with E-state index in [1.54, 1.807) is 12.1 Å². The summed E-state index contributed by atoms with van der Waals surface area (Å²) in [7, 11) is 1.39. The van der Waals surface area contributed by atoms with Crippen LogP contribution < -0.4 is 5.32 Å². The van der Waals surface area contributed by atoms with Gasteiger partial charge in [0.05, 0.1) is 18.8 Å². The van der Waals surface area contributed by atoms with Gasteiger partial charge in [0.25, 0.3) is 0 Å². The van der Waals surface area contributed by atoms with E-state index in [1.165, 1.54) is 20.0 Å². The number of rotatable bonds is 5. The number of carbonyl (C=O) groups is 1. The van der Waals surface area contributed by atoms with Crippen molar-refractivity contribution < 1.29 is 14.3 Å². The largest absolute Gasteiger partial charge is 0.465 e. The molecule has 1 aromatic carbocycles. The number of hydrogen-bond acceptors (Lipinski definition) is 4. The Morgan fingerprint density at radius 3 is 2.83 bits per heavy atom. The third kappa shape index (κ3) is 3.47. The predicted molar refractivity (Wildman–Crippen MR) is 69.9 cm³/mol. The highest BCUT2D eigenvalue weighted by Gasteiger charge is 2.14. The zero-order valence-electron chi connectivity index (χ0n) is 10.6. The van der Waals surface area contributed by atoms with Crippen molar-refractivity contribution in [3.63, 3.8) is 0 Å². The molecular weight excluding hydrogens is 230 g/mol. The van der Waals surface area contributed by atoms with Crippen molar-refractivity contribution >= 4 is 11.7 Å². The van der Waals surface area contributed by atoms with E-state index >= 15 is 0 Å². The van der Waals surface area contributed by atoms with E-state index in [9.17, 15) is 4.79 Å². The third-order valence-corrected chi connectivity index (χ3v) is 3.13. The number of nitrogens with one attached hydrogen (secondary N) is 1. The molecule has 0 radical (unpaired) electrons. The number of esters is 1. The lowest BCUT2D eigenvalue weighted by Crippen LogP contribution is -2.12. The highest BCUT2D eigenvalue weighted by atomic mass is 16.5. The lowest BCUT2D eigenvalue weighted by atomic mass is 10.1. The van der Waals surface area contributed by atoms with Gasteiger partial charge in [-0.25, -0.2) is 4.79 Å². The van der Waals surface area contributed by atoms with Crippen LogP contribution in [-0.2, 0) is 9.47 Å². The van der Waals surface area contributed by atoms with Crippen LogP contribution in [0.2, 0.25) is 0 Å². The molecule has 1 aromatic rings. The summed E-state index contributed by atoms with van der Waals surface area (Å²) in [6, 6.07) is 7.31. The molecule has 98 valence electrons. The van der Waals surface area contributed by atoms with Crippen LogP contribution in [0, 0.1) is 0 Å². The molecule has 1 aliphatic heterocycles. The fourth-order valence-electron chi connectivity index (χ4n) is 2.09. The number of methoxy groups -OCH3 is 1. The maximum Gasteiger partial charge on any atom is 0.337 e. The van der Waals surface area contributed by atoms with Gasteiger partial charge in [0.1, 0.15) is 0 Å². The molecule has 1 heterocycles. The summed E-state index contributed by atoms with van der Waals surface area (Å²) in [5.41, 5.74) is 1.59. The van der Waals surface area contributed by atoms with Gasteiger partial charge in [-0.15, -0.1) is 0 Å². The minimum atomic E-state index is -0.305.